The number of hydrogen-bond donors (Lipinski definition) is 1. The average molecular weight is 524 g/mol. The first-order chi connectivity index (χ1) is 19.0. The fourth-order valence-electron chi connectivity index (χ4n) is 4.76. The molecule has 3 aromatic carbocycles. The molecule has 1 fully saturated rings. The molecular weight excluding hydrogens is 482 g/mol. The molecule has 0 spiro atoms. The Morgan fingerprint density at radius 1 is 0.949 bits per heavy atom. The molecule has 0 atom stereocenters. The minimum Gasteiger partial charge on any atom is -0.490 e. The van der Waals surface area contributed by atoms with Crippen molar-refractivity contribution in [1.29, 1.82) is 0 Å². The van der Waals surface area contributed by atoms with Gasteiger partial charge in [-0.3, -0.25) is 9.69 Å². The maximum atomic E-state index is 12.5. The van der Waals surface area contributed by atoms with Crippen molar-refractivity contribution in [3.05, 3.63) is 101 Å². The quantitative estimate of drug-likeness (QED) is 0.287. The fourth-order valence-corrected chi connectivity index (χ4v) is 4.76. The summed E-state index contributed by atoms with van der Waals surface area (Å²) in [6.45, 7) is 6.67. The molecule has 1 heterocycles. The third-order valence-electron chi connectivity index (χ3n) is 7.05. The second-order valence-electron chi connectivity index (χ2n) is 10.5. The number of benzene rings is 3. The smallest absolute Gasteiger partial charge is 0.251 e. The van der Waals surface area contributed by atoms with Crippen molar-refractivity contribution in [3.8, 4) is 17.6 Å². The van der Waals surface area contributed by atoms with Crippen molar-refractivity contribution >= 4 is 5.91 Å². The summed E-state index contributed by atoms with van der Waals surface area (Å²) in [6.07, 6.45) is 4.07. The van der Waals surface area contributed by atoms with Gasteiger partial charge in [-0.2, -0.15) is 0 Å². The van der Waals surface area contributed by atoms with Crippen molar-refractivity contribution in [1.82, 2.24) is 15.1 Å². The Hall–Kier alpha value is -3.59. The van der Waals surface area contributed by atoms with Gasteiger partial charge in [-0.1, -0.05) is 49.1 Å². The van der Waals surface area contributed by atoms with Gasteiger partial charge in [-0.15, -0.1) is 0 Å². The van der Waals surface area contributed by atoms with Gasteiger partial charge < -0.3 is 15.0 Å². The van der Waals surface area contributed by atoms with E-state index in [-0.39, 0.29) is 12.0 Å². The van der Waals surface area contributed by atoms with Gasteiger partial charge in [0.1, 0.15) is 11.9 Å². The molecule has 5 nitrogen and oxygen atoms in total. The minimum absolute atomic E-state index is 0.0460. The van der Waals surface area contributed by atoms with Gasteiger partial charge in [0, 0.05) is 42.9 Å². The fraction of sp³-hybridized carbons (Fsp3) is 0.382. The minimum atomic E-state index is -0.0460. The molecule has 1 N–H and O–H groups in total. The van der Waals surface area contributed by atoms with E-state index in [1.807, 2.05) is 38.4 Å². The van der Waals surface area contributed by atoms with E-state index in [0.717, 1.165) is 68.7 Å². The van der Waals surface area contributed by atoms with Crippen LogP contribution in [0.2, 0.25) is 0 Å². The van der Waals surface area contributed by atoms with Crippen molar-refractivity contribution in [2.24, 2.45) is 0 Å². The van der Waals surface area contributed by atoms with Crippen LogP contribution in [0.25, 0.3) is 0 Å². The Morgan fingerprint density at radius 3 is 2.44 bits per heavy atom. The Balaban J connectivity index is 1.24. The van der Waals surface area contributed by atoms with Gasteiger partial charge in [0.05, 0.1) is 0 Å². The van der Waals surface area contributed by atoms with Gasteiger partial charge in [-0.05, 0) is 99.9 Å². The summed E-state index contributed by atoms with van der Waals surface area (Å²) in [6, 6.07) is 24.6. The van der Waals surface area contributed by atoms with Crippen LogP contribution in [0.3, 0.4) is 0 Å². The van der Waals surface area contributed by atoms with E-state index in [1.165, 1.54) is 11.1 Å². The number of nitrogens with one attached hydrogen (secondary N) is 1. The molecule has 1 amide bonds. The van der Waals surface area contributed by atoms with Crippen LogP contribution in [0.4, 0.5) is 0 Å². The highest BCUT2D eigenvalue weighted by atomic mass is 16.5. The summed E-state index contributed by atoms with van der Waals surface area (Å²) in [5.74, 6) is 7.34. The largest absolute Gasteiger partial charge is 0.490 e. The number of piperidine rings is 1. The zero-order valence-corrected chi connectivity index (χ0v) is 23.6. The summed E-state index contributed by atoms with van der Waals surface area (Å²) in [7, 11) is 4.07. The van der Waals surface area contributed by atoms with Crippen molar-refractivity contribution in [3.63, 3.8) is 0 Å². The van der Waals surface area contributed by atoms with Gasteiger partial charge in [0.15, 0.2) is 0 Å². The summed E-state index contributed by atoms with van der Waals surface area (Å²) < 4.78 is 6.28. The maximum Gasteiger partial charge on any atom is 0.251 e. The second kappa shape index (κ2) is 14.5. The van der Waals surface area contributed by atoms with Gasteiger partial charge in [-0.25, -0.2) is 0 Å². The molecular formula is C34H41N3O2. The van der Waals surface area contributed by atoms with Gasteiger partial charge >= 0.3 is 0 Å². The Bertz CT molecular complexity index is 1270. The van der Waals surface area contributed by atoms with Gasteiger partial charge in [0.2, 0.25) is 0 Å². The Morgan fingerprint density at radius 2 is 1.69 bits per heavy atom. The number of aryl methyl sites for hydroxylation is 1. The van der Waals surface area contributed by atoms with E-state index in [0.29, 0.717) is 12.1 Å². The number of amides is 1. The Kier molecular flexibility index (Phi) is 10.6. The number of hydrogen-bond acceptors (Lipinski definition) is 4. The predicted molar refractivity (Wildman–Crippen MR) is 159 cm³/mol. The summed E-state index contributed by atoms with van der Waals surface area (Å²) in [5, 5.41) is 3.00. The molecule has 204 valence electrons. The first-order valence-electron chi connectivity index (χ1n) is 14.1. The predicted octanol–water partition coefficient (Wildman–Crippen LogP) is 5.37. The molecule has 0 aromatic heterocycles. The standard InChI is InChI=1S/C34H41N3O2/c1-4-27-12-14-28(15-13-27)16-17-29-8-5-9-30(24-29)26-37-22-18-32(19-23-37)39-33-11-6-10-31(25-33)34(38)35-20-7-21-36(2)3/h5-6,8-15,24-25,32H,4,7,18-23,26H2,1-3H3,(H,35,38). The third-order valence-corrected chi connectivity index (χ3v) is 7.05. The van der Waals surface area contributed by atoms with Crippen LogP contribution in [-0.4, -0.2) is 62.1 Å². The zero-order valence-electron chi connectivity index (χ0n) is 23.6. The van der Waals surface area contributed by atoms with E-state index in [4.69, 9.17) is 4.74 Å². The van der Waals surface area contributed by atoms with Crippen LogP contribution in [0.5, 0.6) is 5.75 Å². The molecule has 39 heavy (non-hydrogen) atoms. The second-order valence-corrected chi connectivity index (χ2v) is 10.5. The monoisotopic (exact) mass is 523 g/mol. The number of ether oxygens (including phenoxy) is 1. The molecule has 3 aromatic rings. The van der Waals surface area contributed by atoms with Crippen LogP contribution in [-0.2, 0) is 13.0 Å². The zero-order chi connectivity index (χ0) is 27.5. The lowest BCUT2D eigenvalue weighted by Gasteiger charge is -2.32. The Labute approximate surface area is 234 Å². The third kappa shape index (κ3) is 9.28. The van der Waals surface area contributed by atoms with Crippen molar-refractivity contribution in [2.75, 3.05) is 40.3 Å². The van der Waals surface area contributed by atoms with Crippen LogP contribution in [0.15, 0.2) is 72.8 Å². The molecule has 4 rings (SSSR count). The highest BCUT2D eigenvalue weighted by Crippen LogP contribution is 2.21. The lowest BCUT2D eigenvalue weighted by molar-refractivity contribution is 0.0935. The van der Waals surface area contributed by atoms with E-state index >= 15 is 0 Å². The number of carbonyl (C=O) groups excluding carboxylic acids is 1. The highest BCUT2D eigenvalue weighted by molar-refractivity contribution is 5.94. The number of carbonyl (C=O) groups is 1. The van der Waals surface area contributed by atoms with Crippen molar-refractivity contribution < 1.29 is 9.53 Å². The van der Waals surface area contributed by atoms with Crippen LogP contribution in [0.1, 0.15) is 58.8 Å². The van der Waals surface area contributed by atoms with Crippen molar-refractivity contribution in [2.45, 2.75) is 45.3 Å². The maximum absolute atomic E-state index is 12.5. The summed E-state index contributed by atoms with van der Waals surface area (Å²) >= 11 is 0. The normalized spacial score (nSPS) is 14.1. The molecule has 0 radical (unpaired) electrons. The topological polar surface area (TPSA) is 44.8 Å². The molecule has 0 saturated carbocycles. The molecule has 5 heteroatoms. The van der Waals surface area contributed by atoms with Crippen LogP contribution in [0, 0.1) is 11.8 Å². The van der Waals surface area contributed by atoms with E-state index in [2.05, 4.69) is 82.4 Å². The SMILES string of the molecule is CCc1ccc(C#Cc2cccc(CN3CCC(Oc4cccc(C(=O)NCCCN(C)C)c4)CC3)c2)cc1. The van der Waals surface area contributed by atoms with Crippen LogP contribution < -0.4 is 10.1 Å². The molecule has 1 aliphatic rings. The summed E-state index contributed by atoms with van der Waals surface area (Å²) in [4.78, 5) is 17.1. The lowest BCUT2D eigenvalue weighted by atomic mass is 10.1. The highest BCUT2D eigenvalue weighted by Gasteiger charge is 2.21. The average Bonchev–Trinajstić information content (AvgIpc) is 2.96. The molecule has 0 unspecified atom stereocenters. The summed E-state index contributed by atoms with van der Waals surface area (Å²) in [5.41, 5.74) is 5.36. The van der Waals surface area contributed by atoms with Gasteiger partial charge in [0.25, 0.3) is 5.91 Å². The first kappa shape index (κ1) is 28.4. The molecule has 1 aliphatic heterocycles. The molecule has 0 aliphatic carbocycles. The van der Waals surface area contributed by atoms with E-state index < -0.39 is 0 Å². The number of nitrogens with zero attached hydrogens (tertiary/aromatic N) is 2. The van der Waals surface area contributed by atoms with E-state index in [1.54, 1.807) is 0 Å². The lowest BCUT2D eigenvalue weighted by Crippen LogP contribution is -2.37. The van der Waals surface area contributed by atoms with Crippen LogP contribution >= 0.6 is 0 Å². The molecule has 0 bridgehead atoms. The van der Waals surface area contributed by atoms with E-state index in [9.17, 15) is 4.79 Å². The number of rotatable bonds is 10. The molecule has 1 saturated heterocycles. The number of likely N-dealkylation sites (tertiary alicyclic amines) is 1. The first-order valence-corrected chi connectivity index (χ1v) is 14.1.